The predicted molar refractivity (Wildman–Crippen MR) is 81.8 cm³/mol. The molecule has 112 valence electrons. The van der Waals surface area contributed by atoms with Gasteiger partial charge in [-0.05, 0) is 23.8 Å². The molecular weight excluding hydrogens is 300 g/mol. The molecule has 2 aromatic carbocycles. The summed E-state index contributed by atoms with van der Waals surface area (Å²) >= 11 is 0. The largest absolute Gasteiger partial charge is 0.453 e. The standard InChI is InChI=1S/C17H14O4S/c18-16-12-11-15(21-16)17(13-7-3-1-4-8-13)22(19,20)14-9-5-2-6-10-14/h1-12,15,17H/t15-,17+/m1/s1. The van der Waals surface area contributed by atoms with Crippen molar-refractivity contribution in [2.24, 2.45) is 0 Å². The summed E-state index contributed by atoms with van der Waals surface area (Å²) in [6.07, 6.45) is 1.95. The molecule has 5 heteroatoms. The van der Waals surface area contributed by atoms with Gasteiger partial charge >= 0.3 is 5.97 Å². The molecule has 0 aromatic heterocycles. The van der Waals surface area contributed by atoms with Crippen molar-refractivity contribution in [1.29, 1.82) is 0 Å². The van der Waals surface area contributed by atoms with Crippen LogP contribution in [0.4, 0.5) is 0 Å². The number of sulfone groups is 1. The van der Waals surface area contributed by atoms with E-state index in [0.717, 1.165) is 0 Å². The molecule has 4 nitrogen and oxygen atoms in total. The van der Waals surface area contributed by atoms with Crippen molar-refractivity contribution in [2.45, 2.75) is 16.2 Å². The van der Waals surface area contributed by atoms with Crippen molar-refractivity contribution in [3.8, 4) is 0 Å². The van der Waals surface area contributed by atoms with Crippen molar-refractivity contribution >= 4 is 15.8 Å². The topological polar surface area (TPSA) is 60.4 Å². The molecule has 2 aromatic rings. The first kappa shape index (κ1) is 14.5. The minimum atomic E-state index is -3.69. The van der Waals surface area contributed by atoms with E-state index in [9.17, 15) is 13.2 Å². The minimum absolute atomic E-state index is 0.209. The van der Waals surface area contributed by atoms with Gasteiger partial charge in [0.15, 0.2) is 9.84 Å². The van der Waals surface area contributed by atoms with Crippen molar-refractivity contribution in [3.63, 3.8) is 0 Å². The van der Waals surface area contributed by atoms with E-state index in [4.69, 9.17) is 4.74 Å². The molecule has 0 radical (unpaired) electrons. The molecule has 0 saturated carbocycles. The van der Waals surface area contributed by atoms with Gasteiger partial charge in [-0.25, -0.2) is 13.2 Å². The average molecular weight is 314 g/mol. The third-order valence-electron chi connectivity index (χ3n) is 3.51. The summed E-state index contributed by atoms with van der Waals surface area (Å²) in [4.78, 5) is 11.6. The van der Waals surface area contributed by atoms with Crippen molar-refractivity contribution < 1.29 is 17.9 Å². The van der Waals surface area contributed by atoms with Crippen LogP contribution in [0.5, 0.6) is 0 Å². The minimum Gasteiger partial charge on any atom is -0.453 e. The first-order valence-corrected chi connectivity index (χ1v) is 8.36. The summed E-state index contributed by atoms with van der Waals surface area (Å²) in [5.41, 5.74) is 0.593. The zero-order valence-corrected chi connectivity index (χ0v) is 12.4. The van der Waals surface area contributed by atoms with Crippen LogP contribution >= 0.6 is 0 Å². The molecular formula is C17H14O4S. The smallest absolute Gasteiger partial charge is 0.331 e. The lowest BCUT2D eigenvalue weighted by atomic mass is 10.1. The van der Waals surface area contributed by atoms with Crippen molar-refractivity contribution in [1.82, 2.24) is 0 Å². The molecule has 2 atom stereocenters. The van der Waals surface area contributed by atoms with Crippen molar-refractivity contribution in [3.05, 3.63) is 78.4 Å². The number of carbonyl (C=O) groups excluding carboxylic acids is 1. The Labute approximate surface area is 129 Å². The summed E-state index contributed by atoms with van der Waals surface area (Å²) in [5, 5.41) is -0.959. The van der Waals surface area contributed by atoms with E-state index in [2.05, 4.69) is 0 Å². The lowest BCUT2D eigenvalue weighted by Crippen LogP contribution is -2.26. The fraction of sp³-hybridized carbons (Fsp3) is 0.118. The van der Waals surface area contributed by atoms with Crippen LogP contribution < -0.4 is 0 Å². The molecule has 1 aliphatic rings. The van der Waals surface area contributed by atoms with Gasteiger partial charge < -0.3 is 4.74 Å². The average Bonchev–Trinajstić information content (AvgIpc) is 2.95. The van der Waals surface area contributed by atoms with Gasteiger partial charge in [-0.15, -0.1) is 0 Å². The zero-order chi connectivity index (χ0) is 15.6. The molecule has 0 unspecified atom stereocenters. The van der Waals surface area contributed by atoms with Crippen LogP contribution in [0.15, 0.2) is 77.7 Å². The third-order valence-corrected chi connectivity index (χ3v) is 5.65. The highest BCUT2D eigenvalue weighted by atomic mass is 32.2. The third kappa shape index (κ3) is 2.67. The van der Waals surface area contributed by atoms with E-state index < -0.39 is 27.2 Å². The number of cyclic esters (lactones) is 1. The Bertz CT molecular complexity index is 795. The summed E-state index contributed by atoms with van der Waals surface area (Å²) in [6.45, 7) is 0. The monoisotopic (exact) mass is 314 g/mol. The highest BCUT2D eigenvalue weighted by molar-refractivity contribution is 7.91. The Balaban J connectivity index is 2.10. The van der Waals surface area contributed by atoms with E-state index in [1.165, 1.54) is 12.2 Å². The highest BCUT2D eigenvalue weighted by Gasteiger charge is 2.38. The van der Waals surface area contributed by atoms with Crippen LogP contribution in [0.1, 0.15) is 10.8 Å². The maximum absolute atomic E-state index is 13.0. The molecule has 0 fully saturated rings. The van der Waals surface area contributed by atoms with Gasteiger partial charge in [0, 0.05) is 6.08 Å². The Morgan fingerprint density at radius 1 is 0.909 bits per heavy atom. The van der Waals surface area contributed by atoms with Gasteiger partial charge in [0.05, 0.1) is 4.90 Å². The van der Waals surface area contributed by atoms with E-state index in [1.54, 1.807) is 54.6 Å². The fourth-order valence-electron chi connectivity index (χ4n) is 2.49. The predicted octanol–water partition coefficient (Wildman–Crippen LogP) is 2.68. The zero-order valence-electron chi connectivity index (χ0n) is 11.6. The lowest BCUT2D eigenvalue weighted by molar-refractivity contribution is -0.138. The Kier molecular flexibility index (Phi) is 3.81. The quantitative estimate of drug-likeness (QED) is 0.814. The number of carbonyl (C=O) groups is 1. The maximum atomic E-state index is 13.0. The first-order chi connectivity index (χ1) is 10.6. The normalized spacial score (nSPS) is 18.9. The Morgan fingerprint density at radius 2 is 1.50 bits per heavy atom. The van der Waals surface area contributed by atoms with Gasteiger partial charge in [0.2, 0.25) is 0 Å². The van der Waals surface area contributed by atoms with E-state index >= 15 is 0 Å². The number of benzene rings is 2. The molecule has 0 saturated heterocycles. The van der Waals surface area contributed by atoms with Gasteiger partial charge in [0.25, 0.3) is 0 Å². The number of hydrogen-bond acceptors (Lipinski definition) is 4. The fourth-order valence-corrected chi connectivity index (χ4v) is 4.34. The summed E-state index contributed by atoms with van der Waals surface area (Å²) < 4.78 is 31.2. The van der Waals surface area contributed by atoms with E-state index in [0.29, 0.717) is 5.56 Å². The van der Waals surface area contributed by atoms with Gasteiger partial charge in [-0.3, -0.25) is 0 Å². The molecule has 1 heterocycles. The molecule has 0 amide bonds. The molecule has 3 rings (SSSR count). The highest BCUT2D eigenvalue weighted by Crippen LogP contribution is 2.35. The van der Waals surface area contributed by atoms with Crippen LogP contribution in [-0.2, 0) is 19.4 Å². The van der Waals surface area contributed by atoms with Gasteiger partial charge in [0.1, 0.15) is 11.4 Å². The second-order valence-corrected chi connectivity index (χ2v) is 7.02. The van der Waals surface area contributed by atoms with Gasteiger partial charge in [-0.1, -0.05) is 48.5 Å². The Hall–Kier alpha value is -2.40. The summed E-state index contributed by atoms with van der Waals surface area (Å²) in [7, 11) is -3.69. The van der Waals surface area contributed by atoms with Gasteiger partial charge in [-0.2, -0.15) is 0 Å². The maximum Gasteiger partial charge on any atom is 0.331 e. The van der Waals surface area contributed by atoms with Crippen LogP contribution in [0.25, 0.3) is 0 Å². The number of esters is 1. The lowest BCUT2D eigenvalue weighted by Gasteiger charge is -2.22. The molecule has 1 aliphatic heterocycles. The summed E-state index contributed by atoms with van der Waals surface area (Å²) in [6, 6.07) is 17.0. The molecule has 0 bridgehead atoms. The van der Waals surface area contributed by atoms with E-state index in [1.807, 2.05) is 6.07 Å². The molecule has 0 spiro atoms. The first-order valence-electron chi connectivity index (χ1n) is 6.82. The van der Waals surface area contributed by atoms with Crippen molar-refractivity contribution in [2.75, 3.05) is 0 Å². The Morgan fingerprint density at radius 3 is 2.05 bits per heavy atom. The number of hydrogen-bond donors (Lipinski definition) is 0. The second kappa shape index (κ2) is 5.77. The molecule has 0 aliphatic carbocycles. The molecule has 22 heavy (non-hydrogen) atoms. The van der Waals surface area contributed by atoms with Crippen LogP contribution in [0.2, 0.25) is 0 Å². The number of rotatable bonds is 4. The SMILES string of the molecule is O=C1C=C[C@H]([C@H](c2ccccc2)S(=O)(=O)c2ccccc2)O1. The second-order valence-electron chi connectivity index (χ2n) is 4.95. The molecule has 0 N–H and O–H groups in total. The summed E-state index contributed by atoms with van der Waals surface area (Å²) in [5.74, 6) is -0.519. The number of ether oxygens (including phenoxy) is 1. The van der Waals surface area contributed by atoms with E-state index in [-0.39, 0.29) is 4.90 Å². The van der Waals surface area contributed by atoms with Crippen LogP contribution in [-0.4, -0.2) is 20.5 Å². The van der Waals surface area contributed by atoms with Crippen LogP contribution in [0.3, 0.4) is 0 Å². The van der Waals surface area contributed by atoms with Crippen LogP contribution in [0, 0.1) is 0 Å².